The van der Waals surface area contributed by atoms with E-state index in [0.29, 0.717) is 43.5 Å². The third-order valence-electron chi connectivity index (χ3n) is 7.00. The minimum Gasteiger partial charge on any atom is -0.382 e. The molecule has 4 aromatic heterocycles. The molecule has 10 nitrogen and oxygen atoms in total. The number of likely N-dealkylation sites (tertiary alicyclic amines) is 1. The molecule has 0 aromatic carbocycles. The number of alkyl halides is 1. The van der Waals surface area contributed by atoms with Crippen molar-refractivity contribution in [3.63, 3.8) is 0 Å². The van der Waals surface area contributed by atoms with Gasteiger partial charge in [0, 0.05) is 37.2 Å². The highest BCUT2D eigenvalue weighted by Gasteiger charge is 2.46. The number of imidazole rings is 1. The van der Waals surface area contributed by atoms with Crippen LogP contribution in [0.1, 0.15) is 19.8 Å². The molecule has 2 aliphatic rings. The van der Waals surface area contributed by atoms with Crippen LogP contribution < -0.4 is 11.1 Å². The summed E-state index contributed by atoms with van der Waals surface area (Å²) in [6, 6.07) is 5.32. The van der Waals surface area contributed by atoms with Gasteiger partial charge in [0.25, 0.3) is 0 Å². The van der Waals surface area contributed by atoms with Gasteiger partial charge in [-0.25, -0.2) is 18.4 Å². The van der Waals surface area contributed by atoms with Crippen LogP contribution in [0.15, 0.2) is 36.8 Å². The highest BCUT2D eigenvalue weighted by Crippen LogP contribution is 2.33. The van der Waals surface area contributed by atoms with E-state index in [9.17, 15) is 0 Å². The normalized spacial score (nSPS) is 23.1. The lowest BCUT2D eigenvalue weighted by Gasteiger charge is -2.52. The maximum atomic E-state index is 15.1. The second-order valence-electron chi connectivity index (χ2n) is 8.86. The Morgan fingerprint density at radius 3 is 2.85 bits per heavy atom. The molecule has 0 spiro atoms. The molecule has 2 fully saturated rings. The van der Waals surface area contributed by atoms with E-state index in [2.05, 4.69) is 37.3 Å². The highest BCUT2D eigenvalue weighted by molar-refractivity contribution is 5.86. The molecule has 0 unspecified atom stereocenters. The SMILES string of the molecule is CCC1(N2CC[C@H](Nc3nc(N)c4c(-c5ccc6nccn6n5)ccn4n3)[C@H](F)C2)COC1. The van der Waals surface area contributed by atoms with Crippen molar-refractivity contribution in [1.82, 2.24) is 34.1 Å². The number of nitrogens with one attached hydrogen (secondary N) is 1. The topological polar surface area (TPSA) is 111 Å². The first-order valence-electron chi connectivity index (χ1n) is 11.3. The zero-order valence-electron chi connectivity index (χ0n) is 18.4. The van der Waals surface area contributed by atoms with Gasteiger partial charge in [-0.2, -0.15) is 10.1 Å². The number of hydrogen-bond donors (Lipinski definition) is 2. The van der Waals surface area contributed by atoms with Crippen LogP contribution in [0.3, 0.4) is 0 Å². The number of hydrogen-bond acceptors (Lipinski definition) is 8. The maximum Gasteiger partial charge on any atom is 0.243 e. The molecule has 6 rings (SSSR count). The van der Waals surface area contributed by atoms with Crippen LogP contribution in [0.2, 0.25) is 0 Å². The van der Waals surface area contributed by atoms with Gasteiger partial charge in [0.1, 0.15) is 11.7 Å². The molecule has 11 heteroatoms. The lowest BCUT2D eigenvalue weighted by molar-refractivity contribution is -0.153. The van der Waals surface area contributed by atoms with Crippen molar-refractivity contribution < 1.29 is 9.13 Å². The summed E-state index contributed by atoms with van der Waals surface area (Å²) in [5.41, 5.74) is 9.29. The Kier molecular flexibility index (Phi) is 4.70. The molecule has 0 radical (unpaired) electrons. The molecule has 33 heavy (non-hydrogen) atoms. The molecular weight excluding hydrogens is 425 g/mol. The van der Waals surface area contributed by atoms with Gasteiger partial charge in [0.2, 0.25) is 5.95 Å². The summed E-state index contributed by atoms with van der Waals surface area (Å²) in [5, 5.41) is 12.3. The van der Waals surface area contributed by atoms with E-state index in [1.807, 2.05) is 24.4 Å². The summed E-state index contributed by atoms with van der Waals surface area (Å²) in [4.78, 5) is 10.9. The molecule has 2 aliphatic heterocycles. The summed E-state index contributed by atoms with van der Waals surface area (Å²) in [6.07, 6.45) is 5.89. The van der Waals surface area contributed by atoms with E-state index in [4.69, 9.17) is 10.5 Å². The van der Waals surface area contributed by atoms with Gasteiger partial charge in [-0.1, -0.05) is 6.92 Å². The van der Waals surface area contributed by atoms with Crippen molar-refractivity contribution in [3.8, 4) is 11.3 Å². The number of piperidine rings is 1. The molecule has 0 amide bonds. The van der Waals surface area contributed by atoms with Crippen molar-refractivity contribution in [3.05, 3.63) is 36.8 Å². The fourth-order valence-corrected chi connectivity index (χ4v) is 4.89. The summed E-state index contributed by atoms with van der Waals surface area (Å²) in [6.45, 7) is 4.69. The van der Waals surface area contributed by atoms with Crippen LogP contribution in [-0.4, -0.2) is 78.2 Å². The standard InChI is InChI=1S/C22H26FN9O/c1-2-22(12-33-13-22)30-8-6-17(15(23)11-30)26-21-27-20(24)19-14(5-9-32(19)29-21)16-3-4-18-25-7-10-31(18)28-16/h3-5,7,9-10,15,17H,2,6,8,11-13H2,1H3,(H3,24,26,27,29)/t15-,17+/m1/s1. The molecule has 0 aliphatic carbocycles. The predicted octanol–water partition coefficient (Wildman–Crippen LogP) is 2.02. The maximum absolute atomic E-state index is 15.1. The fraction of sp³-hybridized carbons (Fsp3) is 0.455. The third-order valence-corrected chi connectivity index (χ3v) is 7.00. The fourth-order valence-electron chi connectivity index (χ4n) is 4.89. The van der Waals surface area contributed by atoms with E-state index in [-0.39, 0.29) is 11.6 Å². The van der Waals surface area contributed by atoms with Crippen LogP contribution in [0.25, 0.3) is 22.4 Å². The number of nitrogens with zero attached hydrogens (tertiary/aromatic N) is 7. The van der Waals surface area contributed by atoms with Crippen molar-refractivity contribution in [1.29, 1.82) is 0 Å². The quantitative estimate of drug-likeness (QED) is 0.474. The monoisotopic (exact) mass is 451 g/mol. The molecule has 4 aromatic rings. The van der Waals surface area contributed by atoms with Crippen LogP contribution in [0.5, 0.6) is 0 Å². The summed E-state index contributed by atoms with van der Waals surface area (Å²) in [5.74, 6) is 0.628. The van der Waals surface area contributed by atoms with Gasteiger partial charge in [-0.3, -0.25) is 4.90 Å². The Bertz CT molecular complexity index is 1310. The molecular formula is C22H26FN9O. The van der Waals surface area contributed by atoms with Crippen LogP contribution >= 0.6 is 0 Å². The van der Waals surface area contributed by atoms with Crippen molar-refractivity contribution in [2.24, 2.45) is 0 Å². The summed E-state index contributed by atoms with van der Waals surface area (Å²) >= 11 is 0. The Balaban J connectivity index is 1.23. The number of nitrogens with two attached hydrogens (primary N) is 1. The van der Waals surface area contributed by atoms with E-state index in [1.165, 1.54) is 0 Å². The molecule has 2 saturated heterocycles. The Hall–Kier alpha value is -3.31. The molecule has 0 bridgehead atoms. The van der Waals surface area contributed by atoms with Crippen LogP contribution in [-0.2, 0) is 4.74 Å². The average Bonchev–Trinajstić information content (AvgIpc) is 3.42. The van der Waals surface area contributed by atoms with E-state index >= 15 is 4.39 Å². The smallest absolute Gasteiger partial charge is 0.243 e. The first-order chi connectivity index (χ1) is 16.1. The van der Waals surface area contributed by atoms with Crippen LogP contribution in [0.4, 0.5) is 16.2 Å². The molecule has 0 saturated carbocycles. The van der Waals surface area contributed by atoms with Crippen molar-refractivity contribution in [2.75, 3.05) is 37.4 Å². The minimum absolute atomic E-state index is 0.00947. The molecule has 3 N–H and O–H groups in total. The summed E-state index contributed by atoms with van der Waals surface area (Å²) in [7, 11) is 0. The molecule has 6 heterocycles. The van der Waals surface area contributed by atoms with Gasteiger partial charge >= 0.3 is 0 Å². The Labute approximate surface area is 189 Å². The van der Waals surface area contributed by atoms with Crippen LogP contribution in [0, 0.1) is 0 Å². The lowest BCUT2D eigenvalue weighted by atomic mass is 9.88. The Morgan fingerprint density at radius 2 is 2.09 bits per heavy atom. The number of ether oxygens (including phenoxy) is 1. The number of anilines is 2. The highest BCUT2D eigenvalue weighted by atomic mass is 19.1. The van der Waals surface area contributed by atoms with Gasteiger partial charge < -0.3 is 15.8 Å². The molecule has 2 atom stereocenters. The van der Waals surface area contributed by atoms with E-state index in [1.54, 1.807) is 21.4 Å². The van der Waals surface area contributed by atoms with Gasteiger partial charge in [0.05, 0.1) is 30.5 Å². The largest absolute Gasteiger partial charge is 0.382 e. The predicted molar refractivity (Wildman–Crippen MR) is 122 cm³/mol. The number of rotatable bonds is 5. The zero-order valence-corrected chi connectivity index (χ0v) is 18.4. The van der Waals surface area contributed by atoms with Gasteiger partial charge in [-0.05, 0) is 31.0 Å². The molecule has 172 valence electrons. The van der Waals surface area contributed by atoms with Gasteiger partial charge in [0.15, 0.2) is 11.5 Å². The zero-order chi connectivity index (χ0) is 22.6. The number of nitrogen functional groups attached to an aromatic ring is 1. The number of fused-ring (bicyclic) bond motifs is 2. The van der Waals surface area contributed by atoms with Crippen molar-refractivity contribution >= 4 is 22.9 Å². The lowest BCUT2D eigenvalue weighted by Crippen LogP contribution is -2.66. The Morgan fingerprint density at radius 1 is 1.21 bits per heavy atom. The third kappa shape index (κ3) is 3.30. The number of aromatic nitrogens is 6. The van der Waals surface area contributed by atoms with E-state index < -0.39 is 6.17 Å². The first kappa shape index (κ1) is 20.3. The van der Waals surface area contributed by atoms with E-state index in [0.717, 1.165) is 29.9 Å². The number of halogens is 1. The first-order valence-corrected chi connectivity index (χ1v) is 11.3. The minimum atomic E-state index is -1.03. The second kappa shape index (κ2) is 7.63. The average molecular weight is 452 g/mol. The summed E-state index contributed by atoms with van der Waals surface area (Å²) < 4.78 is 23.9. The van der Waals surface area contributed by atoms with Crippen molar-refractivity contribution in [2.45, 2.75) is 37.5 Å². The van der Waals surface area contributed by atoms with Gasteiger partial charge in [-0.15, -0.1) is 5.10 Å². The second-order valence-corrected chi connectivity index (χ2v) is 8.86.